The van der Waals surface area contributed by atoms with Crippen molar-refractivity contribution in [2.75, 3.05) is 18.6 Å². The van der Waals surface area contributed by atoms with Gasteiger partial charge in [-0.1, -0.05) is 24.3 Å². The summed E-state index contributed by atoms with van der Waals surface area (Å²) in [6.45, 7) is 2.80. The normalized spacial score (nSPS) is 13.5. The van der Waals surface area contributed by atoms with Gasteiger partial charge < -0.3 is 9.64 Å². The van der Waals surface area contributed by atoms with E-state index < -0.39 is 0 Å². The molecule has 0 bridgehead atoms. The van der Waals surface area contributed by atoms with Crippen molar-refractivity contribution in [3.8, 4) is 17.3 Å². The van der Waals surface area contributed by atoms with Crippen LogP contribution in [0.15, 0.2) is 90.2 Å². The molecule has 3 aromatic carbocycles. The fourth-order valence-corrected chi connectivity index (χ4v) is 4.82. The van der Waals surface area contributed by atoms with Crippen LogP contribution in [0.3, 0.4) is 0 Å². The van der Waals surface area contributed by atoms with Crippen LogP contribution in [0.2, 0.25) is 0 Å². The van der Waals surface area contributed by atoms with E-state index in [1.165, 1.54) is 0 Å². The molecule has 36 heavy (non-hydrogen) atoms. The molecule has 0 amide bonds. The second kappa shape index (κ2) is 7.84. The number of benzene rings is 3. The summed E-state index contributed by atoms with van der Waals surface area (Å²) >= 11 is 0. The fraction of sp³-hybridized carbons (Fsp3) is 0.107. The van der Waals surface area contributed by atoms with Gasteiger partial charge in [0.05, 0.1) is 22.1 Å². The van der Waals surface area contributed by atoms with Gasteiger partial charge in [-0.2, -0.15) is 5.10 Å². The Labute approximate surface area is 207 Å². The Morgan fingerprint density at radius 3 is 2.56 bits per heavy atom. The Morgan fingerprint density at radius 1 is 0.833 bits per heavy atom. The molecule has 1 aliphatic heterocycles. The van der Waals surface area contributed by atoms with Crippen LogP contribution in [0.5, 0.6) is 11.5 Å². The monoisotopic (exact) mass is 473 g/mol. The molecular formula is C28H23N7O. The van der Waals surface area contributed by atoms with Crippen molar-refractivity contribution in [2.45, 2.75) is 6.92 Å². The van der Waals surface area contributed by atoms with E-state index in [1.54, 1.807) is 6.20 Å². The topological polar surface area (TPSA) is 63.2 Å². The van der Waals surface area contributed by atoms with Crippen LogP contribution in [-0.2, 0) is 0 Å². The summed E-state index contributed by atoms with van der Waals surface area (Å²) in [6, 6.07) is 26.4. The second-order valence-electron chi connectivity index (χ2n) is 8.96. The van der Waals surface area contributed by atoms with Crippen LogP contribution in [-0.4, -0.2) is 44.0 Å². The molecule has 0 atom stereocenters. The maximum atomic E-state index is 6.34. The molecule has 0 saturated carbocycles. The molecule has 6 aromatic rings. The lowest BCUT2D eigenvalue weighted by molar-refractivity contribution is 0.393. The minimum Gasteiger partial charge on any atom is -0.457 e. The van der Waals surface area contributed by atoms with Gasteiger partial charge in [0.1, 0.15) is 30.3 Å². The SMILES string of the molecule is Cc1cccc2c1nc1n(-c3ccccn3)c3cc(Oc4cccc(N5C=NN(C)C5)c4)ccc3n21. The maximum absolute atomic E-state index is 6.34. The number of aryl methyl sites for hydroxylation is 1. The Bertz CT molecular complexity index is 1780. The lowest BCUT2D eigenvalue weighted by atomic mass is 10.2. The number of pyridine rings is 1. The van der Waals surface area contributed by atoms with Gasteiger partial charge in [0.15, 0.2) is 0 Å². The van der Waals surface area contributed by atoms with Crippen molar-refractivity contribution < 1.29 is 4.74 Å². The highest BCUT2D eigenvalue weighted by Crippen LogP contribution is 2.34. The van der Waals surface area contributed by atoms with Gasteiger partial charge in [-0.15, -0.1) is 0 Å². The fourth-order valence-electron chi connectivity index (χ4n) is 4.82. The lowest BCUT2D eigenvalue weighted by Crippen LogP contribution is -2.23. The third-order valence-electron chi connectivity index (χ3n) is 6.51. The molecule has 3 aromatic heterocycles. The summed E-state index contributed by atoms with van der Waals surface area (Å²) in [7, 11) is 1.95. The predicted molar refractivity (Wildman–Crippen MR) is 142 cm³/mol. The molecule has 8 nitrogen and oxygen atoms in total. The highest BCUT2D eigenvalue weighted by molar-refractivity contribution is 5.93. The van der Waals surface area contributed by atoms with Crippen molar-refractivity contribution >= 4 is 39.9 Å². The Kier molecular flexibility index (Phi) is 4.47. The highest BCUT2D eigenvalue weighted by atomic mass is 16.5. The first-order valence-electron chi connectivity index (χ1n) is 11.8. The van der Waals surface area contributed by atoms with Crippen molar-refractivity contribution in [3.05, 3.63) is 90.6 Å². The standard InChI is InChI=1S/C28H23N7O/c1-19-7-5-10-24-27(19)31-28-34(24)23-13-12-22(16-25(23)35(28)26-11-3-4-14-29-26)36-21-9-6-8-20(15-21)33-17-30-32(2)18-33/h3-17H,18H2,1-2H3. The highest BCUT2D eigenvalue weighted by Gasteiger charge is 2.19. The number of anilines is 1. The Balaban J connectivity index is 1.37. The van der Waals surface area contributed by atoms with Gasteiger partial charge in [-0.05, 0) is 55.0 Å². The van der Waals surface area contributed by atoms with Crippen LogP contribution in [0, 0.1) is 6.92 Å². The molecule has 0 unspecified atom stereocenters. The molecular weight excluding hydrogens is 450 g/mol. The number of fused-ring (bicyclic) bond motifs is 5. The van der Waals surface area contributed by atoms with Gasteiger partial charge >= 0.3 is 0 Å². The summed E-state index contributed by atoms with van der Waals surface area (Å²) in [5, 5.41) is 6.18. The Morgan fingerprint density at radius 2 is 1.72 bits per heavy atom. The van der Waals surface area contributed by atoms with E-state index in [-0.39, 0.29) is 0 Å². The van der Waals surface area contributed by atoms with Crippen molar-refractivity contribution in [1.29, 1.82) is 0 Å². The molecule has 0 spiro atoms. The number of hydrogen-bond acceptors (Lipinski definition) is 6. The van der Waals surface area contributed by atoms with Crippen LogP contribution in [0.1, 0.15) is 5.56 Å². The molecule has 4 heterocycles. The molecule has 0 fully saturated rings. The molecule has 7 rings (SSSR count). The number of hydrogen-bond donors (Lipinski definition) is 0. The lowest BCUT2D eigenvalue weighted by Gasteiger charge is -2.17. The van der Waals surface area contributed by atoms with E-state index in [0.29, 0.717) is 6.67 Å². The number of aromatic nitrogens is 4. The van der Waals surface area contributed by atoms with Gasteiger partial charge in [0.25, 0.3) is 0 Å². The molecule has 1 aliphatic rings. The van der Waals surface area contributed by atoms with E-state index in [4.69, 9.17) is 9.72 Å². The summed E-state index contributed by atoms with van der Waals surface area (Å²) in [4.78, 5) is 11.7. The molecule has 0 aliphatic carbocycles. The van der Waals surface area contributed by atoms with Crippen molar-refractivity contribution in [2.24, 2.45) is 5.10 Å². The maximum Gasteiger partial charge on any atom is 0.221 e. The van der Waals surface area contributed by atoms with E-state index in [2.05, 4.69) is 67.3 Å². The predicted octanol–water partition coefficient (Wildman–Crippen LogP) is 5.58. The average Bonchev–Trinajstić information content (AvgIpc) is 3.58. The van der Waals surface area contributed by atoms with Gasteiger partial charge in [0, 0.05) is 31.1 Å². The first-order valence-corrected chi connectivity index (χ1v) is 11.8. The first-order chi connectivity index (χ1) is 17.7. The average molecular weight is 474 g/mol. The number of rotatable bonds is 4. The zero-order valence-electron chi connectivity index (χ0n) is 19.9. The zero-order chi connectivity index (χ0) is 24.2. The van der Waals surface area contributed by atoms with Crippen LogP contribution in [0.25, 0.3) is 33.7 Å². The zero-order valence-corrected chi connectivity index (χ0v) is 19.9. The number of hydrazone groups is 1. The van der Waals surface area contributed by atoms with E-state index in [0.717, 1.165) is 56.4 Å². The van der Waals surface area contributed by atoms with Gasteiger partial charge in [-0.25, -0.2) is 9.97 Å². The number of nitrogens with zero attached hydrogens (tertiary/aromatic N) is 7. The molecule has 0 saturated heterocycles. The third kappa shape index (κ3) is 3.19. The summed E-state index contributed by atoms with van der Waals surface area (Å²) in [6.07, 6.45) is 3.63. The van der Waals surface area contributed by atoms with Gasteiger partial charge in [-0.3, -0.25) is 14.0 Å². The molecule has 8 heteroatoms. The number of imidazole rings is 2. The summed E-state index contributed by atoms with van der Waals surface area (Å²) in [5.74, 6) is 3.13. The number of ether oxygens (including phenoxy) is 1. The molecule has 0 radical (unpaired) electrons. The summed E-state index contributed by atoms with van der Waals surface area (Å²) in [5.41, 5.74) is 6.25. The van der Waals surface area contributed by atoms with Crippen LogP contribution in [0.4, 0.5) is 5.69 Å². The third-order valence-corrected chi connectivity index (χ3v) is 6.51. The molecule has 0 N–H and O–H groups in total. The quantitative estimate of drug-likeness (QED) is 0.335. The largest absolute Gasteiger partial charge is 0.457 e. The van der Waals surface area contributed by atoms with Crippen LogP contribution < -0.4 is 9.64 Å². The smallest absolute Gasteiger partial charge is 0.221 e. The second-order valence-corrected chi connectivity index (χ2v) is 8.96. The first kappa shape index (κ1) is 20.5. The molecule has 176 valence electrons. The van der Waals surface area contributed by atoms with Crippen molar-refractivity contribution in [1.82, 2.24) is 23.9 Å². The van der Waals surface area contributed by atoms with E-state index in [9.17, 15) is 0 Å². The van der Waals surface area contributed by atoms with E-state index >= 15 is 0 Å². The van der Waals surface area contributed by atoms with Crippen molar-refractivity contribution in [3.63, 3.8) is 0 Å². The van der Waals surface area contributed by atoms with Gasteiger partial charge in [0.2, 0.25) is 5.78 Å². The van der Waals surface area contributed by atoms with Crippen LogP contribution >= 0.6 is 0 Å². The van der Waals surface area contributed by atoms with E-state index in [1.807, 2.05) is 60.9 Å². The summed E-state index contributed by atoms with van der Waals surface area (Å²) < 4.78 is 10.6. The minimum atomic E-state index is 0.709. The minimum absolute atomic E-state index is 0.709. The number of para-hydroxylation sites is 1. The Hall–Kier alpha value is -4.85.